The fourth-order valence-corrected chi connectivity index (χ4v) is 4.47. The monoisotopic (exact) mass is 507 g/mol. The number of amides is 1. The first-order valence-electron chi connectivity index (χ1n) is 11.0. The first-order valence-corrected chi connectivity index (χ1v) is 11.8. The number of benzene rings is 2. The van der Waals surface area contributed by atoms with Gasteiger partial charge in [0.1, 0.15) is 5.82 Å². The Kier molecular flexibility index (Phi) is 6.01. The van der Waals surface area contributed by atoms with Crippen molar-refractivity contribution in [1.82, 2.24) is 29.5 Å². The molecule has 0 spiro atoms. The highest BCUT2D eigenvalue weighted by atomic mass is 79.9. The molecule has 4 aromatic rings. The van der Waals surface area contributed by atoms with Crippen molar-refractivity contribution in [2.24, 2.45) is 0 Å². The zero-order chi connectivity index (χ0) is 22.9. The predicted octanol–water partition coefficient (Wildman–Crippen LogP) is 3.82. The summed E-state index contributed by atoms with van der Waals surface area (Å²) < 4.78 is 2.73. The number of halogens is 1. The standard InChI is InChI=1S/C24H26BrN7O/c1-16-12-22(29-32(16)19-5-3-4-17(25)13-19)24(33)26-18-6-7-20-21(14-18)28-23(27-20)15-31-10-8-30(2)9-11-31/h3-7,12-14H,8-11,15H2,1-2H3,(H,26,33)(H,27,28). The topological polar surface area (TPSA) is 82.1 Å². The van der Waals surface area contributed by atoms with Crippen LogP contribution in [0, 0.1) is 6.92 Å². The lowest BCUT2D eigenvalue weighted by Gasteiger charge is -2.31. The van der Waals surface area contributed by atoms with Crippen LogP contribution in [-0.2, 0) is 6.54 Å². The molecule has 33 heavy (non-hydrogen) atoms. The van der Waals surface area contributed by atoms with Crippen molar-refractivity contribution < 1.29 is 4.79 Å². The second-order valence-corrected chi connectivity index (χ2v) is 9.43. The second-order valence-electron chi connectivity index (χ2n) is 8.51. The number of aromatic nitrogens is 4. The molecule has 0 saturated carbocycles. The van der Waals surface area contributed by atoms with E-state index in [1.54, 1.807) is 10.7 Å². The van der Waals surface area contributed by atoms with Gasteiger partial charge < -0.3 is 15.2 Å². The molecule has 3 heterocycles. The molecule has 1 saturated heterocycles. The lowest BCUT2D eigenvalue weighted by Crippen LogP contribution is -2.44. The van der Waals surface area contributed by atoms with Gasteiger partial charge in [0.25, 0.3) is 5.91 Å². The van der Waals surface area contributed by atoms with Gasteiger partial charge in [-0.05, 0) is 56.4 Å². The zero-order valence-electron chi connectivity index (χ0n) is 18.7. The van der Waals surface area contributed by atoms with Crippen molar-refractivity contribution in [3.05, 3.63) is 70.2 Å². The summed E-state index contributed by atoms with van der Waals surface area (Å²) in [5, 5.41) is 7.47. The summed E-state index contributed by atoms with van der Waals surface area (Å²) in [5.74, 6) is 0.699. The summed E-state index contributed by atoms with van der Waals surface area (Å²) in [5.41, 5.74) is 4.66. The van der Waals surface area contributed by atoms with E-state index in [2.05, 4.69) is 48.2 Å². The Labute approximate surface area is 200 Å². The van der Waals surface area contributed by atoms with Gasteiger partial charge in [-0.3, -0.25) is 9.69 Å². The van der Waals surface area contributed by atoms with Gasteiger partial charge in [-0.2, -0.15) is 5.10 Å². The summed E-state index contributed by atoms with van der Waals surface area (Å²) in [6.07, 6.45) is 0. The van der Waals surface area contributed by atoms with Gasteiger partial charge in [0.2, 0.25) is 0 Å². The minimum Gasteiger partial charge on any atom is -0.341 e. The maximum Gasteiger partial charge on any atom is 0.276 e. The van der Waals surface area contributed by atoms with Crippen molar-refractivity contribution in [1.29, 1.82) is 0 Å². The number of anilines is 1. The Hall–Kier alpha value is -3.01. The van der Waals surface area contributed by atoms with Crippen molar-refractivity contribution in [2.75, 3.05) is 38.5 Å². The normalized spacial score (nSPS) is 15.2. The molecular weight excluding hydrogens is 482 g/mol. The molecule has 0 bridgehead atoms. The highest BCUT2D eigenvalue weighted by Gasteiger charge is 2.17. The number of carbonyl (C=O) groups is 1. The van der Waals surface area contributed by atoms with Gasteiger partial charge in [0.05, 0.1) is 23.3 Å². The van der Waals surface area contributed by atoms with Gasteiger partial charge in [-0.15, -0.1) is 0 Å². The van der Waals surface area contributed by atoms with Gasteiger partial charge in [0, 0.05) is 42.0 Å². The number of nitrogens with zero attached hydrogens (tertiary/aromatic N) is 5. The van der Waals surface area contributed by atoms with Crippen LogP contribution < -0.4 is 5.32 Å². The van der Waals surface area contributed by atoms with E-state index in [4.69, 9.17) is 4.98 Å². The molecule has 2 aromatic carbocycles. The molecule has 1 amide bonds. The summed E-state index contributed by atoms with van der Waals surface area (Å²) in [4.78, 5) is 25.7. The third-order valence-corrected chi connectivity index (χ3v) is 6.42. The third kappa shape index (κ3) is 4.85. The third-order valence-electron chi connectivity index (χ3n) is 5.93. The lowest BCUT2D eigenvalue weighted by molar-refractivity contribution is 0.102. The minimum atomic E-state index is -0.247. The number of H-pyrrole nitrogens is 1. The average molecular weight is 508 g/mol. The van der Waals surface area contributed by atoms with Crippen LogP contribution in [0.5, 0.6) is 0 Å². The van der Waals surface area contributed by atoms with Crippen LogP contribution in [0.25, 0.3) is 16.7 Å². The van der Waals surface area contributed by atoms with E-state index >= 15 is 0 Å². The number of aromatic amines is 1. The van der Waals surface area contributed by atoms with Crippen molar-refractivity contribution in [3.8, 4) is 5.69 Å². The number of likely N-dealkylation sites (N-methyl/N-ethyl adjacent to an activating group) is 1. The molecule has 1 fully saturated rings. The fraction of sp³-hybridized carbons (Fsp3) is 0.292. The highest BCUT2D eigenvalue weighted by Crippen LogP contribution is 2.20. The lowest BCUT2D eigenvalue weighted by atomic mass is 10.2. The number of hydrogen-bond acceptors (Lipinski definition) is 5. The molecule has 0 radical (unpaired) electrons. The van der Waals surface area contributed by atoms with Gasteiger partial charge in [0.15, 0.2) is 5.69 Å². The SMILES string of the molecule is Cc1cc(C(=O)Nc2ccc3nc(CN4CCN(C)CC4)[nH]c3c2)nn1-c1cccc(Br)c1. The second kappa shape index (κ2) is 9.09. The van der Waals surface area contributed by atoms with Crippen molar-refractivity contribution in [2.45, 2.75) is 13.5 Å². The summed E-state index contributed by atoms with van der Waals surface area (Å²) in [7, 11) is 2.15. The number of aryl methyl sites for hydroxylation is 1. The van der Waals surface area contributed by atoms with Crippen LogP contribution >= 0.6 is 15.9 Å². The van der Waals surface area contributed by atoms with Crippen LogP contribution in [0.4, 0.5) is 5.69 Å². The van der Waals surface area contributed by atoms with Crippen molar-refractivity contribution in [3.63, 3.8) is 0 Å². The first kappa shape index (κ1) is 21.8. The number of nitrogens with one attached hydrogen (secondary N) is 2. The average Bonchev–Trinajstić information content (AvgIpc) is 3.38. The van der Waals surface area contributed by atoms with E-state index in [0.717, 1.165) is 65.4 Å². The van der Waals surface area contributed by atoms with E-state index in [1.807, 2.05) is 49.4 Å². The molecule has 2 N–H and O–H groups in total. The Morgan fingerprint density at radius 1 is 1.12 bits per heavy atom. The molecule has 0 unspecified atom stereocenters. The van der Waals surface area contributed by atoms with Crippen LogP contribution in [0.1, 0.15) is 22.0 Å². The first-order chi connectivity index (χ1) is 15.9. The number of rotatable bonds is 5. The summed E-state index contributed by atoms with van der Waals surface area (Å²) in [6.45, 7) is 6.97. The molecule has 1 aliphatic rings. The van der Waals surface area contributed by atoms with Crippen LogP contribution in [-0.4, -0.2) is 68.7 Å². The molecule has 0 aliphatic carbocycles. The maximum absolute atomic E-state index is 12.9. The van der Waals surface area contributed by atoms with Crippen LogP contribution in [0.15, 0.2) is 53.0 Å². The molecular formula is C24H26BrN7O. The fourth-order valence-electron chi connectivity index (χ4n) is 4.08. The molecule has 9 heteroatoms. The van der Waals surface area contributed by atoms with E-state index in [9.17, 15) is 4.79 Å². The summed E-state index contributed by atoms with van der Waals surface area (Å²) >= 11 is 3.48. The Bertz CT molecular complexity index is 1300. The molecule has 8 nitrogen and oxygen atoms in total. The largest absolute Gasteiger partial charge is 0.341 e. The minimum absolute atomic E-state index is 0.247. The molecule has 2 aromatic heterocycles. The molecule has 0 atom stereocenters. The number of imidazole rings is 1. The van der Waals surface area contributed by atoms with Gasteiger partial charge in [-0.1, -0.05) is 22.0 Å². The number of fused-ring (bicyclic) bond motifs is 1. The number of carbonyl (C=O) groups excluding carboxylic acids is 1. The van der Waals surface area contributed by atoms with E-state index < -0.39 is 0 Å². The van der Waals surface area contributed by atoms with Gasteiger partial charge >= 0.3 is 0 Å². The van der Waals surface area contributed by atoms with Gasteiger partial charge in [-0.25, -0.2) is 9.67 Å². The quantitative estimate of drug-likeness (QED) is 0.429. The van der Waals surface area contributed by atoms with Crippen molar-refractivity contribution >= 4 is 38.6 Å². The number of piperazine rings is 1. The molecule has 5 rings (SSSR count). The maximum atomic E-state index is 12.9. The van der Waals surface area contributed by atoms with Crippen LogP contribution in [0.2, 0.25) is 0 Å². The molecule has 170 valence electrons. The zero-order valence-corrected chi connectivity index (χ0v) is 20.3. The molecule has 1 aliphatic heterocycles. The Balaban J connectivity index is 1.30. The summed E-state index contributed by atoms with van der Waals surface area (Å²) in [6, 6.07) is 15.3. The Morgan fingerprint density at radius 3 is 2.73 bits per heavy atom. The number of hydrogen-bond donors (Lipinski definition) is 2. The Morgan fingerprint density at radius 2 is 1.94 bits per heavy atom. The van der Waals surface area contributed by atoms with E-state index in [-0.39, 0.29) is 5.91 Å². The van der Waals surface area contributed by atoms with E-state index in [1.165, 1.54) is 0 Å². The smallest absolute Gasteiger partial charge is 0.276 e. The highest BCUT2D eigenvalue weighted by molar-refractivity contribution is 9.10. The van der Waals surface area contributed by atoms with Crippen LogP contribution in [0.3, 0.4) is 0 Å². The predicted molar refractivity (Wildman–Crippen MR) is 133 cm³/mol. The van der Waals surface area contributed by atoms with E-state index in [0.29, 0.717) is 11.4 Å².